The highest BCUT2D eigenvalue weighted by Gasteiger charge is 2.54. The molecule has 41 heavy (non-hydrogen) atoms. The van der Waals surface area contributed by atoms with Crippen LogP contribution < -0.4 is 15.6 Å². The number of nitrogens with one attached hydrogen (secondary N) is 1. The summed E-state index contributed by atoms with van der Waals surface area (Å²) in [6.07, 6.45) is 5.58. The van der Waals surface area contributed by atoms with Gasteiger partial charge in [0.25, 0.3) is 11.8 Å². The Morgan fingerprint density at radius 2 is 2.22 bits per heavy atom. The van der Waals surface area contributed by atoms with Gasteiger partial charge in [-0.3, -0.25) is 14.5 Å². The zero-order valence-corrected chi connectivity index (χ0v) is 24.8. The molecule has 2 atom stereocenters. The van der Waals surface area contributed by atoms with Crippen molar-refractivity contribution in [2.24, 2.45) is 5.16 Å². The van der Waals surface area contributed by atoms with Gasteiger partial charge in [0, 0.05) is 33.9 Å². The topological polar surface area (TPSA) is 164 Å². The Balaban J connectivity index is 1.32. The second kappa shape index (κ2) is 12.4. The molecule has 4 N–H and O–H groups in total. The third-order valence-electron chi connectivity index (χ3n) is 6.03. The van der Waals surface area contributed by atoms with Gasteiger partial charge < -0.3 is 21.0 Å². The number of hydrogen-bond acceptors (Lipinski definition) is 12. The number of aromatic nitrogens is 3. The molecule has 2 unspecified atom stereocenters. The molecule has 0 bridgehead atoms. The number of pyridine rings is 1. The van der Waals surface area contributed by atoms with E-state index in [9.17, 15) is 19.5 Å². The van der Waals surface area contributed by atoms with Crippen molar-refractivity contribution in [1.82, 2.24) is 20.2 Å². The van der Waals surface area contributed by atoms with Crippen molar-refractivity contribution in [2.45, 2.75) is 22.3 Å². The summed E-state index contributed by atoms with van der Waals surface area (Å²) in [5, 5.41) is 19.7. The van der Waals surface area contributed by atoms with Gasteiger partial charge in [0.05, 0.1) is 11.3 Å². The summed E-state index contributed by atoms with van der Waals surface area (Å²) in [5.74, 6) is -1.27. The molecule has 0 aliphatic carbocycles. The van der Waals surface area contributed by atoms with Crippen LogP contribution in [0.15, 0.2) is 68.7 Å². The van der Waals surface area contributed by atoms with Gasteiger partial charge >= 0.3 is 5.97 Å². The first-order valence-corrected chi connectivity index (χ1v) is 15.8. The predicted molar refractivity (Wildman–Crippen MR) is 158 cm³/mol. The van der Waals surface area contributed by atoms with Crippen LogP contribution in [0.4, 0.5) is 5.13 Å². The highest BCUT2D eigenvalue weighted by atomic mass is 32.2. The lowest BCUT2D eigenvalue weighted by molar-refractivity contribution is -0.688. The smallest absolute Gasteiger partial charge is 0.352 e. The van der Waals surface area contributed by atoms with Crippen molar-refractivity contribution >= 4 is 74.8 Å². The molecule has 1 saturated heterocycles. The number of carbonyl (C=O) groups is 3. The van der Waals surface area contributed by atoms with Crippen LogP contribution in [0.3, 0.4) is 0 Å². The van der Waals surface area contributed by atoms with Crippen molar-refractivity contribution < 1.29 is 28.9 Å². The average molecular weight is 631 g/mol. The monoisotopic (exact) mass is 630 g/mol. The van der Waals surface area contributed by atoms with E-state index >= 15 is 0 Å². The molecule has 1 fully saturated rings. The Labute approximate surface area is 251 Å². The number of amides is 2. The second-order valence-corrected chi connectivity index (χ2v) is 12.8. The minimum atomic E-state index is -1.21. The lowest BCUT2D eigenvalue weighted by Crippen LogP contribution is -2.71. The van der Waals surface area contributed by atoms with Gasteiger partial charge in [-0.25, -0.2) is 19.3 Å². The lowest BCUT2D eigenvalue weighted by atomic mass is 10.0. The highest BCUT2D eigenvalue weighted by molar-refractivity contribution is 8.01. The Morgan fingerprint density at radius 1 is 1.39 bits per heavy atom. The normalized spacial score (nSPS) is 18.5. The Kier molecular flexibility index (Phi) is 8.72. The maximum atomic E-state index is 13.2. The van der Waals surface area contributed by atoms with Crippen LogP contribution in [0.25, 0.3) is 11.3 Å². The standard InChI is InChI=1S/C25H23N7O5S4/c1-3-7-38-25-28-15(11-41-25)13-5-4-6-31(8-13)9-14-10-39-22-18(21(34)32(22)19(14)23(35)36)29-20(33)17(30-37-2)16-12-40-24(26)27-16/h3-6,8,11-12,18,22H,1,7,9-10H2,2H3,(H3-,26,27,29,33,35,36)/p+1/b30-17-. The Morgan fingerprint density at radius 3 is 2.93 bits per heavy atom. The van der Waals surface area contributed by atoms with Crippen LogP contribution >= 0.6 is 46.2 Å². The lowest BCUT2D eigenvalue weighted by Gasteiger charge is -2.49. The van der Waals surface area contributed by atoms with E-state index in [0.29, 0.717) is 11.3 Å². The van der Waals surface area contributed by atoms with Gasteiger partial charge in [0.2, 0.25) is 0 Å². The van der Waals surface area contributed by atoms with Crippen molar-refractivity contribution in [1.29, 1.82) is 0 Å². The molecular weight excluding hydrogens is 607 g/mol. The molecular formula is C25H24N7O5S4+. The van der Waals surface area contributed by atoms with E-state index in [1.165, 1.54) is 23.8 Å². The fourth-order valence-corrected chi connectivity index (χ4v) is 7.76. The van der Waals surface area contributed by atoms with Crippen LogP contribution in [-0.2, 0) is 25.8 Å². The molecule has 5 heterocycles. The number of nitrogens with two attached hydrogens (primary N) is 1. The zero-order chi connectivity index (χ0) is 29.1. The number of thioether (sulfide) groups is 2. The number of hydrogen-bond donors (Lipinski definition) is 3. The van der Waals surface area contributed by atoms with Crippen LogP contribution in [0, 0.1) is 0 Å². The molecule has 3 aromatic heterocycles. The quantitative estimate of drug-likeness (QED) is 0.0715. The van der Waals surface area contributed by atoms with E-state index in [1.807, 2.05) is 40.5 Å². The first-order valence-electron chi connectivity index (χ1n) is 12.0. The first kappa shape index (κ1) is 28.8. The first-order chi connectivity index (χ1) is 19.8. The Hall–Kier alpha value is -3.73. The summed E-state index contributed by atoms with van der Waals surface area (Å²) in [6, 6.07) is 2.88. The number of carbonyl (C=O) groups excluding carboxylic acids is 2. The third-order valence-corrected chi connectivity index (χ3v) is 10.1. The molecule has 12 nitrogen and oxygen atoms in total. The fourth-order valence-electron chi connectivity index (χ4n) is 4.29. The van der Waals surface area contributed by atoms with Gasteiger partial charge in [-0.05, 0) is 6.07 Å². The minimum Gasteiger partial charge on any atom is -0.477 e. The number of β-lactam (4-membered cyclic amide) rings is 1. The summed E-state index contributed by atoms with van der Waals surface area (Å²) >= 11 is 5.68. The van der Waals surface area contributed by atoms with Gasteiger partial charge in [-0.1, -0.05) is 23.0 Å². The zero-order valence-electron chi connectivity index (χ0n) is 21.6. The van der Waals surface area contributed by atoms with Gasteiger partial charge in [-0.2, -0.15) is 0 Å². The molecule has 0 aromatic carbocycles. The van der Waals surface area contributed by atoms with E-state index < -0.39 is 29.2 Å². The van der Waals surface area contributed by atoms with Crippen LogP contribution in [0.2, 0.25) is 0 Å². The maximum Gasteiger partial charge on any atom is 0.352 e. The van der Waals surface area contributed by atoms with E-state index in [0.717, 1.165) is 32.7 Å². The Bertz CT molecular complexity index is 1580. The molecule has 0 saturated carbocycles. The molecule has 3 aromatic rings. The van der Waals surface area contributed by atoms with Crippen LogP contribution in [0.5, 0.6) is 0 Å². The summed E-state index contributed by atoms with van der Waals surface area (Å²) in [5.41, 5.74) is 7.99. The summed E-state index contributed by atoms with van der Waals surface area (Å²) in [7, 11) is 1.28. The number of anilines is 1. The van der Waals surface area contributed by atoms with Crippen LogP contribution in [-0.4, -0.2) is 73.5 Å². The predicted octanol–water partition coefficient (Wildman–Crippen LogP) is 2.20. The molecule has 0 radical (unpaired) electrons. The molecule has 0 spiro atoms. The number of carboxylic acids is 1. The number of nitrogens with zero attached hydrogens (tertiary/aromatic N) is 5. The molecule has 5 rings (SSSR count). The second-order valence-electron chi connectivity index (χ2n) is 8.68. The minimum absolute atomic E-state index is 0.0722. The van der Waals surface area contributed by atoms with Crippen molar-refractivity contribution in [2.75, 3.05) is 24.3 Å². The molecule has 16 heteroatoms. The number of oxime groups is 1. The number of aliphatic carboxylic acids is 1. The van der Waals surface area contributed by atoms with E-state index in [-0.39, 0.29) is 28.8 Å². The molecule has 212 valence electrons. The molecule has 2 aliphatic rings. The van der Waals surface area contributed by atoms with Gasteiger partial charge in [-0.15, -0.1) is 41.0 Å². The van der Waals surface area contributed by atoms with E-state index in [2.05, 4.69) is 27.0 Å². The highest BCUT2D eigenvalue weighted by Crippen LogP contribution is 2.40. The number of rotatable bonds is 11. The van der Waals surface area contributed by atoms with Crippen molar-refractivity contribution in [3.8, 4) is 11.3 Å². The SMILES string of the molecule is C=CCSc1nc(-c2ccc[n+](CC3=C(C(=O)O)N4C(=O)C(NC(=O)/C(=N\OC)c5csc(N)n5)C4SC3)c2)cs1. The van der Waals surface area contributed by atoms with Crippen molar-refractivity contribution in [3.63, 3.8) is 0 Å². The van der Waals surface area contributed by atoms with E-state index in [4.69, 9.17) is 10.6 Å². The summed E-state index contributed by atoms with van der Waals surface area (Å²) in [6.45, 7) is 4.01. The fraction of sp³-hybridized carbons (Fsp3) is 0.240. The summed E-state index contributed by atoms with van der Waals surface area (Å²) < 4.78 is 2.82. The van der Waals surface area contributed by atoms with Gasteiger partial charge in [0.15, 0.2) is 34.1 Å². The summed E-state index contributed by atoms with van der Waals surface area (Å²) in [4.78, 5) is 53.2. The number of nitrogen functional groups attached to an aromatic ring is 1. The van der Waals surface area contributed by atoms with Gasteiger partial charge in [0.1, 0.15) is 29.9 Å². The third kappa shape index (κ3) is 6.00. The van der Waals surface area contributed by atoms with E-state index in [1.54, 1.807) is 28.5 Å². The van der Waals surface area contributed by atoms with Crippen LogP contribution in [0.1, 0.15) is 5.69 Å². The average Bonchev–Trinajstić information content (AvgIpc) is 3.62. The number of fused-ring (bicyclic) bond motifs is 1. The molecule has 2 aliphatic heterocycles. The maximum absolute atomic E-state index is 13.2. The number of thiazole rings is 2. The number of carboxylic acid groups (broad SMARTS) is 1. The largest absolute Gasteiger partial charge is 0.477 e. The molecule has 2 amide bonds. The van der Waals surface area contributed by atoms with Crippen molar-refractivity contribution in [3.05, 3.63) is 64.9 Å².